The molecule has 164 valence electrons. The van der Waals surface area contributed by atoms with Gasteiger partial charge >= 0.3 is 5.97 Å². The molecule has 0 aromatic heterocycles. The van der Waals surface area contributed by atoms with Crippen molar-refractivity contribution in [2.24, 2.45) is 15.9 Å². The van der Waals surface area contributed by atoms with E-state index < -0.39 is 0 Å². The number of carbonyl (C=O) groups is 1. The fraction of sp³-hybridized carbons (Fsp3) is 0.125. The molecule has 2 N–H and O–H groups in total. The summed E-state index contributed by atoms with van der Waals surface area (Å²) in [5, 5.41) is 8.51. The Bertz CT molecular complexity index is 1100. The molecule has 0 amide bonds. The molecule has 3 aromatic carbocycles. The third-order valence-electron chi connectivity index (χ3n) is 4.16. The predicted molar refractivity (Wildman–Crippen MR) is 134 cm³/mol. The van der Waals surface area contributed by atoms with Gasteiger partial charge in [-0.25, -0.2) is 4.79 Å². The summed E-state index contributed by atoms with van der Waals surface area (Å²) >= 11 is 4.95. The molecule has 0 saturated carbocycles. The Hall–Kier alpha value is -3.10. The largest absolute Gasteiger partial charge is 0.462 e. The van der Waals surface area contributed by atoms with Crippen LogP contribution < -0.4 is 10.5 Å². The fourth-order valence-corrected chi connectivity index (χ4v) is 3.67. The van der Waals surface area contributed by atoms with Crippen LogP contribution in [0.4, 0.5) is 0 Å². The molecule has 0 radical (unpaired) electrons. The molecular formula is C24H22BrN3O3S. The van der Waals surface area contributed by atoms with Crippen LogP contribution in [-0.4, -0.2) is 24.0 Å². The number of carbonyl (C=O) groups excluding carboxylic acids is 1. The second-order valence-corrected chi connectivity index (χ2v) is 8.34. The first-order valence-electron chi connectivity index (χ1n) is 9.83. The van der Waals surface area contributed by atoms with Crippen LogP contribution in [0.5, 0.6) is 11.5 Å². The average molecular weight is 512 g/mol. The Morgan fingerprint density at radius 3 is 2.47 bits per heavy atom. The van der Waals surface area contributed by atoms with Crippen LogP contribution in [0.3, 0.4) is 0 Å². The maximum absolute atomic E-state index is 11.7. The average Bonchev–Trinajstić information content (AvgIpc) is 2.80. The number of nitrogens with two attached hydrogens (primary N) is 1. The molecular weight excluding hydrogens is 490 g/mol. The molecule has 3 rings (SSSR count). The van der Waals surface area contributed by atoms with Gasteiger partial charge in [0.15, 0.2) is 5.17 Å². The summed E-state index contributed by atoms with van der Waals surface area (Å²) in [6.07, 6.45) is 1.62. The smallest absolute Gasteiger partial charge is 0.338 e. The number of thioether (sulfide) groups is 1. The number of esters is 1. The van der Waals surface area contributed by atoms with Crippen LogP contribution in [0.2, 0.25) is 0 Å². The van der Waals surface area contributed by atoms with Crippen LogP contribution >= 0.6 is 27.7 Å². The fourth-order valence-electron chi connectivity index (χ4n) is 2.59. The summed E-state index contributed by atoms with van der Waals surface area (Å²) in [7, 11) is 0. The minimum Gasteiger partial charge on any atom is -0.462 e. The van der Waals surface area contributed by atoms with Crippen molar-refractivity contribution in [1.29, 1.82) is 0 Å². The quantitative estimate of drug-likeness (QED) is 0.173. The minimum atomic E-state index is -0.354. The molecule has 0 aliphatic carbocycles. The lowest BCUT2D eigenvalue weighted by atomic mass is 10.2. The lowest BCUT2D eigenvalue weighted by Gasteiger charge is -2.08. The van der Waals surface area contributed by atoms with Crippen molar-refractivity contribution >= 4 is 45.0 Å². The van der Waals surface area contributed by atoms with E-state index in [1.807, 2.05) is 48.5 Å². The van der Waals surface area contributed by atoms with Crippen molar-refractivity contribution in [2.45, 2.75) is 12.7 Å². The topological polar surface area (TPSA) is 86.3 Å². The molecule has 32 heavy (non-hydrogen) atoms. The van der Waals surface area contributed by atoms with Gasteiger partial charge in [-0.1, -0.05) is 42.1 Å². The van der Waals surface area contributed by atoms with Crippen molar-refractivity contribution in [2.75, 3.05) is 6.61 Å². The Labute approximate surface area is 199 Å². The maximum Gasteiger partial charge on any atom is 0.338 e. The van der Waals surface area contributed by atoms with Gasteiger partial charge in [-0.3, -0.25) is 0 Å². The van der Waals surface area contributed by atoms with Crippen LogP contribution in [0.15, 0.2) is 87.5 Å². The minimum absolute atomic E-state index is 0.338. The first-order valence-corrected chi connectivity index (χ1v) is 11.6. The van der Waals surface area contributed by atoms with Crippen molar-refractivity contribution in [1.82, 2.24) is 0 Å². The number of hydrogen-bond acceptors (Lipinski definition) is 6. The van der Waals surface area contributed by atoms with E-state index in [0.717, 1.165) is 15.8 Å². The number of rotatable bonds is 8. The van der Waals surface area contributed by atoms with Gasteiger partial charge in [0.2, 0.25) is 0 Å². The Morgan fingerprint density at radius 2 is 1.78 bits per heavy atom. The SMILES string of the molecule is CCOC(=O)c1ccc(Oc2ccc(C=NN=C(N)SCc3ccccc3)c(Br)c2)cc1. The maximum atomic E-state index is 11.7. The van der Waals surface area contributed by atoms with Crippen LogP contribution in [0.25, 0.3) is 0 Å². The molecule has 0 aliphatic rings. The van der Waals surface area contributed by atoms with Crippen molar-refractivity contribution < 1.29 is 14.3 Å². The number of nitrogens with zero attached hydrogens (tertiary/aromatic N) is 2. The van der Waals surface area contributed by atoms with E-state index in [-0.39, 0.29) is 5.97 Å². The first kappa shape index (κ1) is 23.6. The van der Waals surface area contributed by atoms with Gasteiger partial charge in [0.05, 0.1) is 18.4 Å². The molecule has 6 nitrogen and oxygen atoms in total. The van der Waals surface area contributed by atoms with Gasteiger partial charge in [0.1, 0.15) is 11.5 Å². The summed E-state index contributed by atoms with van der Waals surface area (Å²) < 4.78 is 11.6. The lowest BCUT2D eigenvalue weighted by molar-refractivity contribution is 0.0526. The second kappa shape index (κ2) is 12.1. The Morgan fingerprint density at radius 1 is 1.06 bits per heavy atom. The van der Waals surface area contributed by atoms with E-state index in [1.54, 1.807) is 37.4 Å². The summed E-state index contributed by atoms with van der Waals surface area (Å²) in [6.45, 7) is 2.11. The van der Waals surface area contributed by atoms with Crippen LogP contribution in [0.1, 0.15) is 28.4 Å². The molecule has 0 heterocycles. The highest BCUT2D eigenvalue weighted by Crippen LogP contribution is 2.27. The van der Waals surface area contributed by atoms with Gasteiger partial charge in [-0.15, -0.1) is 5.10 Å². The first-order chi connectivity index (χ1) is 15.5. The van der Waals surface area contributed by atoms with E-state index in [1.165, 1.54) is 17.3 Å². The van der Waals surface area contributed by atoms with Gasteiger partial charge in [-0.05, 0) is 70.9 Å². The second-order valence-electron chi connectivity index (χ2n) is 6.49. The van der Waals surface area contributed by atoms with Crippen LogP contribution in [0, 0.1) is 0 Å². The normalized spacial score (nSPS) is 11.5. The summed E-state index contributed by atoms with van der Waals surface area (Å²) in [5.74, 6) is 1.63. The number of benzene rings is 3. The number of hydrogen-bond donors (Lipinski definition) is 1. The third kappa shape index (κ3) is 7.25. The number of amidine groups is 1. The molecule has 0 fully saturated rings. The van der Waals surface area contributed by atoms with E-state index in [4.69, 9.17) is 15.2 Å². The Balaban J connectivity index is 1.57. The third-order valence-corrected chi connectivity index (χ3v) is 5.70. The zero-order valence-electron chi connectivity index (χ0n) is 17.4. The van der Waals surface area contributed by atoms with Gasteiger partial charge < -0.3 is 15.2 Å². The van der Waals surface area contributed by atoms with E-state index >= 15 is 0 Å². The zero-order chi connectivity index (χ0) is 22.8. The lowest BCUT2D eigenvalue weighted by Crippen LogP contribution is -2.06. The summed E-state index contributed by atoms with van der Waals surface area (Å²) in [5.41, 5.74) is 8.41. The molecule has 0 unspecified atom stereocenters. The summed E-state index contributed by atoms with van der Waals surface area (Å²) in [4.78, 5) is 11.7. The predicted octanol–water partition coefficient (Wildman–Crippen LogP) is 6.00. The van der Waals surface area contributed by atoms with Crippen molar-refractivity contribution in [3.05, 3.63) is 94.0 Å². The number of halogens is 1. The van der Waals surface area contributed by atoms with Crippen molar-refractivity contribution in [3.63, 3.8) is 0 Å². The summed E-state index contributed by atoms with van der Waals surface area (Å²) in [6, 6.07) is 22.3. The molecule has 0 spiro atoms. The van der Waals surface area contributed by atoms with E-state index in [9.17, 15) is 4.79 Å². The highest BCUT2D eigenvalue weighted by Gasteiger charge is 2.07. The molecule has 0 saturated heterocycles. The molecule has 0 atom stereocenters. The van der Waals surface area contributed by atoms with Crippen LogP contribution in [-0.2, 0) is 10.5 Å². The van der Waals surface area contributed by atoms with Gasteiger partial charge in [0, 0.05) is 15.8 Å². The van der Waals surface area contributed by atoms with E-state index in [0.29, 0.717) is 28.8 Å². The highest BCUT2D eigenvalue weighted by molar-refractivity contribution is 9.10. The number of ether oxygens (including phenoxy) is 2. The standard InChI is InChI=1S/C24H22BrN3O3S/c1-2-30-23(29)18-8-11-20(12-9-18)31-21-13-10-19(22(25)14-21)15-27-28-24(26)32-16-17-6-4-3-5-7-17/h3-15H,2,16H2,1H3,(H2,26,28). The van der Waals surface area contributed by atoms with Gasteiger partial charge in [0.25, 0.3) is 0 Å². The molecule has 0 aliphatic heterocycles. The van der Waals surface area contributed by atoms with E-state index in [2.05, 4.69) is 26.1 Å². The van der Waals surface area contributed by atoms with Gasteiger partial charge in [-0.2, -0.15) is 5.10 Å². The molecule has 3 aromatic rings. The molecule has 0 bridgehead atoms. The highest BCUT2D eigenvalue weighted by atomic mass is 79.9. The Kier molecular flexibility index (Phi) is 8.89. The zero-order valence-corrected chi connectivity index (χ0v) is 19.8. The van der Waals surface area contributed by atoms with Crippen molar-refractivity contribution in [3.8, 4) is 11.5 Å². The monoisotopic (exact) mass is 511 g/mol. The molecule has 8 heteroatoms.